The highest BCUT2D eigenvalue weighted by Gasteiger charge is 2.70. The largest absolute Gasteiger partial charge is 0.519 e. The molecule has 7 heteroatoms. The molecule has 0 saturated heterocycles. The number of rotatable bonds is 4. The van der Waals surface area contributed by atoms with Crippen LogP contribution in [0.3, 0.4) is 0 Å². The van der Waals surface area contributed by atoms with Crippen molar-refractivity contribution >= 4 is 11.9 Å². The van der Waals surface area contributed by atoms with Crippen LogP contribution in [0.25, 0.3) is 0 Å². The number of carbonyl (C=O) groups is 2. The van der Waals surface area contributed by atoms with Crippen LogP contribution in [-0.2, 0) is 25.7 Å². The van der Waals surface area contributed by atoms with Crippen molar-refractivity contribution in [1.29, 1.82) is 0 Å². The van der Waals surface area contributed by atoms with Crippen LogP contribution >= 0.6 is 0 Å². The van der Waals surface area contributed by atoms with Gasteiger partial charge in [0.1, 0.15) is 6.10 Å². The quantitative estimate of drug-likeness (QED) is 0.251. The maximum absolute atomic E-state index is 14.2. The van der Waals surface area contributed by atoms with E-state index in [4.69, 9.17) is 18.3 Å². The van der Waals surface area contributed by atoms with Gasteiger partial charge in [-0.25, -0.2) is 4.79 Å². The minimum atomic E-state index is -0.764. The van der Waals surface area contributed by atoms with E-state index in [0.29, 0.717) is 29.4 Å². The van der Waals surface area contributed by atoms with E-state index in [9.17, 15) is 14.4 Å². The van der Waals surface area contributed by atoms with Crippen LogP contribution in [0, 0.1) is 63.6 Å². The molecule has 4 fully saturated rings. The normalized spacial score (nSPS) is 44.2. The number of ether oxygens (including phenoxy) is 2. The smallest absolute Gasteiger partial charge is 0.462 e. The molecule has 44 heavy (non-hydrogen) atoms. The molecule has 7 nitrogen and oxygen atoms in total. The van der Waals surface area contributed by atoms with Gasteiger partial charge in [-0.05, 0) is 111 Å². The third-order valence-electron chi connectivity index (χ3n) is 14.8. The van der Waals surface area contributed by atoms with E-state index in [1.807, 2.05) is 0 Å². The Balaban J connectivity index is 1.35. The summed E-state index contributed by atoms with van der Waals surface area (Å²) < 4.78 is 22.1. The minimum Gasteiger partial charge on any atom is -0.462 e. The molecule has 10 atom stereocenters. The molecule has 5 aliphatic rings. The number of aryl methyl sites for hydroxylation is 1. The lowest BCUT2D eigenvalue weighted by atomic mass is 9.33. The zero-order valence-corrected chi connectivity index (χ0v) is 28.5. The van der Waals surface area contributed by atoms with E-state index < -0.39 is 11.2 Å². The summed E-state index contributed by atoms with van der Waals surface area (Å²) in [6.07, 6.45) is 11.5. The van der Waals surface area contributed by atoms with E-state index in [2.05, 4.69) is 54.5 Å². The third kappa shape index (κ3) is 4.29. The zero-order valence-electron chi connectivity index (χ0n) is 28.5. The zero-order chi connectivity index (χ0) is 32.0. The van der Waals surface area contributed by atoms with Gasteiger partial charge in [0.2, 0.25) is 0 Å². The number of fused-ring (bicyclic) bond motifs is 7. The van der Waals surface area contributed by atoms with Crippen LogP contribution in [0.2, 0.25) is 0 Å². The first kappa shape index (κ1) is 31.7. The number of allylic oxidation sites excluding steroid dienone is 2. The molecule has 5 aliphatic carbocycles. The molecule has 244 valence electrons. The Hall–Kier alpha value is -2.31. The highest BCUT2D eigenvalue weighted by molar-refractivity contribution is 5.79. The fourth-order valence-corrected chi connectivity index (χ4v) is 12.0. The Kier molecular flexibility index (Phi) is 7.45. The summed E-state index contributed by atoms with van der Waals surface area (Å²) >= 11 is 0. The highest BCUT2D eigenvalue weighted by Crippen LogP contribution is 2.76. The fraction of sp³-hybridized carbons (Fsp3) is 0.811. The highest BCUT2D eigenvalue weighted by atomic mass is 16.6. The van der Waals surface area contributed by atoms with E-state index in [0.717, 1.165) is 57.8 Å². The van der Waals surface area contributed by atoms with Gasteiger partial charge < -0.3 is 18.3 Å². The van der Waals surface area contributed by atoms with Gasteiger partial charge in [-0.2, -0.15) is 0 Å². The van der Waals surface area contributed by atoms with Crippen molar-refractivity contribution < 1.29 is 27.9 Å². The number of hydrogen-bond acceptors (Lipinski definition) is 7. The first-order chi connectivity index (χ1) is 20.5. The van der Waals surface area contributed by atoms with Crippen LogP contribution < -0.4 is 5.82 Å². The van der Waals surface area contributed by atoms with E-state index in [1.54, 1.807) is 6.92 Å². The van der Waals surface area contributed by atoms with Gasteiger partial charge in [0, 0.05) is 12.3 Å². The minimum absolute atomic E-state index is 0.00548. The molecular weight excluding hydrogens is 556 g/mol. The number of hydrogen-bond donors (Lipinski definition) is 0. The molecule has 4 saturated carbocycles. The molecule has 0 unspecified atom stereocenters. The van der Waals surface area contributed by atoms with Gasteiger partial charge in [-0.15, -0.1) is 0 Å². The summed E-state index contributed by atoms with van der Waals surface area (Å²) in [5, 5.41) is 0. The molecule has 0 amide bonds. The number of esters is 2. The van der Waals surface area contributed by atoms with Crippen LogP contribution in [0.4, 0.5) is 0 Å². The fourth-order valence-electron chi connectivity index (χ4n) is 12.0. The lowest BCUT2D eigenvalue weighted by Gasteiger charge is -2.71. The maximum Gasteiger partial charge on any atom is 0.519 e. The molecule has 1 aromatic heterocycles. The Morgan fingerprint density at radius 3 is 2.32 bits per heavy atom. The summed E-state index contributed by atoms with van der Waals surface area (Å²) in [5.74, 6) is 1.60. The van der Waals surface area contributed by atoms with Crippen molar-refractivity contribution in [1.82, 2.24) is 0 Å². The first-order valence-corrected chi connectivity index (χ1v) is 17.2. The predicted octanol–water partition coefficient (Wildman–Crippen LogP) is 8.17. The average molecular weight is 611 g/mol. The van der Waals surface area contributed by atoms with Gasteiger partial charge in [0.05, 0.1) is 5.41 Å². The summed E-state index contributed by atoms with van der Waals surface area (Å²) in [7, 11) is 0. The molecule has 0 N–H and O–H groups in total. The maximum atomic E-state index is 14.2. The lowest BCUT2D eigenvalue weighted by Crippen LogP contribution is -2.65. The van der Waals surface area contributed by atoms with Crippen molar-refractivity contribution in [2.24, 2.45) is 56.7 Å². The van der Waals surface area contributed by atoms with Gasteiger partial charge in [-0.3, -0.25) is 9.59 Å². The standard InChI is InChI=1S/C37H54O7/c1-21-12-17-37(31(39)41-20-26-23(3)42-32(40)44-26)19-18-35(8)25(30(37)22(21)2)10-11-28-34(7)15-14-29(43-24(4)38)33(5,6)27(34)13-16-36(28,35)9/h10,21-22,27-30H,11-20H2,1-9H3/t21-,22+,27+,28-,29+,30+,34+,35-,36-,37+/m1/s1. The molecule has 1 aromatic rings. The second kappa shape index (κ2) is 10.4. The van der Waals surface area contributed by atoms with E-state index in [-0.39, 0.29) is 58.0 Å². The topological polar surface area (TPSA) is 96.0 Å². The van der Waals surface area contributed by atoms with E-state index in [1.165, 1.54) is 12.5 Å². The molecule has 0 aliphatic heterocycles. The summed E-state index contributed by atoms with van der Waals surface area (Å²) in [6.45, 7) is 20.1. The van der Waals surface area contributed by atoms with E-state index >= 15 is 0 Å². The SMILES string of the molecule is CC(=O)O[C@H]1CC[C@]2(C)[C@H]3CC=C4[C@@H]5[C@@H](C)[C@H](C)CC[C@]5(C(=O)OCc5oc(=O)oc5C)CC[C@@]4(C)[C@]3(C)CC[C@H]2C1(C)C. The Bertz CT molecular complexity index is 1410. The summed E-state index contributed by atoms with van der Waals surface area (Å²) in [4.78, 5) is 37.8. The Morgan fingerprint density at radius 2 is 1.66 bits per heavy atom. The van der Waals surface area contributed by atoms with Gasteiger partial charge >= 0.3 is 17.8 Å². The molecular formula is C37H54O7. The third-order valence-corrected chi connectivity index (χ3v) is 14.8. The van der Waals surface area contributed by atoms with Crippen LogP contribution in [0.15, 0.2) is 25.3 Å². The van der Waals surface area contributed by atoms with Crippen molar-refractivity contribution in [2.75, 3.05) is 0 Å². The van der Waals surface area contributed by atoms with Crippen molar-refractivity contribution in [3.63, 3.8) is 0 Å². The second-order valence-electron chi connectivity index (χ2n) is 16.8. The average Bonchev–Trinajstić information content (AvgIpc) is 3.27. The van der Waals surface area contributed by atoms with Crippen LogP contribution in [0.5, 0.6) is 0 Å². The monoisotopic (exact) mass is 610 g/mol. The lowest BCUT2D eigenvalue weighted by molar-refractivity contribution is -0.214. The van der Waals surface area contributed by atoms with Gasteiger partial charge in [-0.1, -0.05) is 60.1 Å². The molecule has 1 heterocycles. The molecule has 0 bridgehead atoms. The van der Waals surface area contributed by atoms with Gasteiger partial charge in [0.25, 0.3) is 0 Å². The van der Waals surface area contributed by atoms with Crippen LogP contribution in [-0.4, -0.2) is 18.0 Å². The second-order valence-corrected chi connectivity index (χ2v) is 16.8. The van der Waals surface area contributed by atoms with Crippen molar-refractivity contribution in [3.8, 4) is 0 Å². The molecule has 6 rings (SSSR count). The van der Waals surface area contributed by atoms with Crippen molar-refractivity contribution in [3.05, 3.63) is 33.8 Å². The Labute approximate surface area is 262 Å². The predicted molar refractivity (Wildman–Crippen MR) is 166 cm³/mol. The summed E-state index contributed by atoms with van der Waals surface area (Å²) in [6, 6.07) is 0. The van der Waals surface area contributed by atoms with Crippen molar-refractivity contribution in [2.45, 2.75) is 133 Å². The summed E-state index contributed by atoms with van der Waals surface area (Å²) in [5.41, 5.74) is 1.12. The Morgan fingerprint density at radius 1 is 0.932 bits per heavy atom. The first-order valence-electron chi connectivity index (χ1n) is 17.2. The molecule has 0 aromatic carbocycles. The van der Waals surface area contributed by atoms with Crippen LogP contribution in [0.1, 0.15) is 125 Å². The number of carbonyl (C=O) groups excluding carboxylic acids is 2. The van der Waals surface area contributed by atoms with Gasteiger partial charge in [0.15, 0.2) is 18.1 Å². The molecule has 0 spiro atoms. The molecule has 0 radical (unpaired) electrons.